The van der Waals surface area contributed by atoms with E-state index >= 15 is 0 Å². The summed E-state index contributed by atoms with van der Waals surface area (Å²) in [4.78, 5) is 35.7. The number of piperidine rings is 1. The van der Waals surface area contributed by atoms with Crippen LogP contribution in [0.5, 0.6) is 0 Å². The summed E-state index contributed by atoms with van der Waals surface area (Å²) < 4.78 is 4.70. The van der Waals surface area contributed by atoms with Gasteiger partial charge in [-0.25, -0.2) is 18.9 Å². The molecular weight excluding hydrogens is 410 g/mol. The van der Waals surface area contributed by atoms with E-state index in [0.717, 1.165) is 24.2 Å². The summed E-state index contributed by atoms with van der Waals surface area (Å²) in [6.07, 6.45) is 5.00. The van der Waals surface area contributed by atoms with Gasteiger partial charge in [0.2, 0.25) is 5.82 Å². The molecule has 0 spiro atoms. The van der Waals surface area contributed by atoms with Crippen LogP contribution < -0.4 is 5.56 Å². The lowest BCUT2D eigenvalue weighted by atomic mass is 9.97. The molecule has 1 saturated heterocycles. The minimum absolute atomic E-state index is 0.147. The van der Waals surface area contributed by atoms with Gasteiger partial charge in [0.1, 0.15) is 0 Å². The predicted molar refractivity (Wildman–Crippen MR) is 115 cm³/mol. The number of carbonyl (C=O) groups excluding carboxylic acids is 1. The lowest BCUT2D eigenvalue weighted by Gasteiger charge is -2.31. The minimum Gasteiger partial charge on any atom is -0.336 e. The van der Waals surface area contributed by atoms with Gasteiger partial charge in [0.25, 0.3) is 17.2 Å². The second-order valence-electron chi connectivity index (χ2n) is 8.08. The van der Waals surface area contributed by atoms with Crippen molar-refractivity contribution in [2.75, 3.05) is 13.1 Å². The van der Waals surface area contributed by atoms with Crippen molar-refractivity contribution in [2.45, 2.75) is 33.2 Å². The summed E-state index contributed by atoms with van der Waals surface area (Å²) in [6.45, 7) is 5.47. The predicted octanol–water partition coefficient (Wildman–Crippen LogP) is 1.04. The van der Waals surface area contributed by atoms with Crippen LogP contribution in [0.2, 0.25) is 0 Å². The number of carbonyl (C=O) groups is 1. The van der Waals surface area contributed by atoms with Crippen molar-refractivity contribution >= 4 is 11.7 Å². The molecule has 0 bridgehead atoms. The van der Waals surface area contributed by atoms with Gasteiger partial charge in [-0.05, 0) is 50.8 Å². The SMILES string of the molecule is Cc1cc(C)n2nc(C(=O)N3CCC(Cn4nc(-n5cccn5)ccc4=O)CC3)nc2n1. The Morgan fingerprint density at radius 1 is 1.12 bits per heavy atom. The van der Waals surface area contributed by atoms with E-state index < -0.39 is 0 Å². The van der Waals surface area contributed by atoms with Gasteiger partial charge in [-0.15, -0.1) is 10.2 Å². The third-order valence-corrected chi connectivity index (χ3v) is 5.73. The molecule has 0 saturated carbocycles. The summed E-state index contributed by atoms with van der Waals surface area (Å²) in [5, 5.41) is 13.0. The van der Waals surface area contributed by atoms with Crippen LogP contribution in [-0.4, -0.2) is 63.0 Å². The van der Waals surface area contributed by atoms with Crippen molar-refractivity contribution in [1.82, 2.24) is 44.0 Å². The molecule has 0 unspecified atom stereocenters. The van der Waals surface area contributed by atoms with E-state index in [4.69, 9.17) is 0 Å². The molecule has 0 atom stereocenters. The smallest absolute Gasteiger partial charge is 0.293 e. The van der Waals surface area contributed by atoms with Crippen LogP contribution in [0.4, 0.5) is 0 Å². The van der Waals surface area contributed by atoms with E-state index in [0.29, 0.717) is 31.2 Å². The molecule has 5 heterocycles. The molecule has 0 N–H and O–H groups in total. The van der Waals surface area contributed by atoms with Crippen LogP contribution in [0.15, 0.2) is 41.5 Å². The van der Waals surface area contributed by atoms with Gasteiger partial charge in [0, 0.05) is 49.5 Å². The largest absolute Gasteiger partial charge is 0.336 e. The summed E-state index contributed by atoms with van der Waals surface area (Å²) in [5.41, 5.74) is 1.57. The lowest BCUT2D eigenvalue weighted by molar-refractivity contribution is 0.0668. The van der Waals surface area contributed by atoms with Crippen LogP contribution in [0.3, 0.4) is 0 Å². The fourth-order valence-corrected chi connectivity index (χ4v) is 4.06. The topological polar surface area (TPSA) is 116 Å². The first-order valence-corrected chi connectivity index (χ1v) is 10.6. The van der Waals surface area contributed by atoms with Crippen molar-refractivity contribution in [1.29, 1.82) is 0 Å². The Bertz CT molecular complexity index is 1330. The summed E-state index contributed by atoms with van der Waals surface area (Å²) in [7, 11) is 0. The normalized spacial score (nSPS) is 14.9. The average Bonchev–Trinajstić information content (AvgIpc) is 3.46. The molecule has 0 aromatic carbocycles. The van der Waals surface area contributed by atoms with E-state index in [1.54, 1.807) is 38.6 Å². The Kier molecular flexibility index (Phi) is 5.00. The molecule has 0 radical (unpaired) electrons. The van der Waals surface area contributed by atoms with Gasteiger partial charge in [-0.2, -0.15) is 10.1 Å². The number of rotatable bonds is 4. The zero-order chi connectivity index (χ0) is 22.2. The monoisotopic (exact) mass is 433 g/mol. The van der Waals surface area contributed by atoms with Gasteiger partial charge in [-0.1, -0.05) is 0 Å². The van der Waals surface area contributed by atoms with Crippen LogP contribution in [-0.2, 0) is 6.54 Å². The van der Waals surface area contributed by atoms with Gasteiger partial charge >= 0.3 is 0 Å². The second kappa shape index (κ2) is 7.98. The van der Waals surface area contributed by atoms with E-state index in [1.807, 2.05) is 19.9 Å². The summed E-state index contributed by atoms with van der Waals surface area (Å²) in [5.74, 6) is 1.25. The highest BCUT2D eigenvalue weighted by Gasteiger charge is 2.27. The number of fused-ring (bicyclic) bond motifs is 1. The zero-order valence-electron chi connectivity index (χ0n) is 17.9. The number of aryl methyl sites for hydroxylation is 2. The molecule has 1 fully saturated rings. The third-order valence-electron chi connectivity index (χ3n) is 5.73. The Balaban J connectivity index is 1.26. The van der Waals surface area contributed by atoms with E-state index in [9.17, 15) is 9.59 Å². The quantitative estimate of drug-likeness (QED) is 0.472. The fraction of sp³-hybridized carbons (Fsp3) is 0.381. The van der Waals surface area contributed by atoms with Crippen LogP contribution in [0, 0.1) is 19.8 Å². The maximum absolute atomic E-state index is 12.9. The molecule has 1 aliphatic rings. The highest BCUT2D eigenvalue weighted by atomic mass is 16.2. The van der Waals surface area contributed by atoms with Crippen molar-refractivity contribution in [3.05, 3.63) is 64.2 Å². The molecule has 1 aliphatic heterocycles. The first-order chi connectivity index (χ1) is 15.5. The highest BCUT2D eigenvalue weighted by Crippen LogP contribution is 2.20. The van der Waals surface area contributed by atoms with Crippen molar-refractivity contribution in [2.24, 2.45) is 5.92 Å². The maximum Gasteiger partial charge on any atom is 0.293 e. The van der Waals surface area contributed by atoms with Crippen molar-refractivity contribution in [3.8, 4) is 5.82 Å². The molecule has 5 rings (SSSR count). The molecule has 164 valence electrons. The van der Waals surface area contributed by atoms with Gasteiger partial charge in [0.05, 0.1) is 0 Å². The lowest BCUT2D eigenvalue weighted by Crippen LogP contribution is -2.40. The molecule has 32 heavy (non-hydrogen) atoms. The zero-order valence-corrected chi connectivity index (χ0v) is 17.9. The first kappa shape index (κ1) is 20.0. The minimum atomic E-state index is -0.193. The van der Waals surface area contributed by atoms with E-state index in [1.165, 1.54) is 10.7 Å². The van der Waals surface area contributed by atoms with Gasteiger partial charge < -0.3 is 4.90 Å². The number of aromatic nitrogens is 8. The Labute approximate surface area is 183 Å². The summed E-state index contributed by atoms with van der Waals surface area (Å²) in [6, 6.07) is 6.88. The van der Waals surface area contributed by atoms with Gasteiger partial charge in [-0.3, -0.25) is 9.59 Å². The first-order valence-electron chi connectivity index (χ1n) is 10.6. The average molecular weight is 433 g/mol. The van der Waals surface area contributed by atoms with Crippen LogP contribution >= 0.6 is 0 Å². The fourth-order valence-electron chi connectivity index (χ4n) is 4.06. The molecule has 4 aromatic rings. The molecule has 1 amide bonds. The molecular formula is C21H23N9O2. The Hall–Kier alpha value is -3.89. The van der Waals surface area contributed by atoms with E-state index in [2.05, 4.69) is 25.3 Å². The van der Waals surface area contributed by atoms with Gasteiger partial charge in [0.15, 0.2) is 5.82 Å². The second-order valence-corrected chi connectivity index (χ2v) is 8.08. The number of hydrogen-bond acceptors (Lipinski definition) is 7. The number of nitrogens with zero attached hydrogens (tertiary/aromatic N) is 9. The Morgan fingerprint density at radius 2 is 1.94 bits per heavy atom. The van der Waals surface area contributed by atoms with Crippen LogP contribution in [0.25, 0.3) is 11.6 Å². The molecule has 11 nitrogen and oxygen atoms in total. The number of likely N-dealkylation sites (tertiary alicyclic amines) is 1. The van der Waals surface area contributed by atoms with Crippen LogP contribution in [0.1, 0.15) is 34.8 Å². The third kappa shape index (κ3) is 3.77. The van der Waals surface area contributed by atoms with E-state index in [-0.39, 0.29) is 23.2 Å². The maximum atomic E-state index is 12.9. The highest BCUT2D eigenvalue weighted by molar-refractivity contribution is 5.91. The standard InChI is InChI=1S/C21H23N9O2/c1-14-12-15(2)30-21(23-14)24-19(26-30)20(32)27-10-6-16(7-11-27)13-29-18(31)5-4-17(25-29)28-9-3-8-22-28/h3-5,8-9,12,16H,6-7,10-11,13H2,1-2H3. The number of amides is 1. The number of hydrogen-bond donors (Lipinski definition) is 0. The summed E-state index contributed by atoms with van der Waals surface area (Å²) >= 11 is 0. The van der Waals surface area contributed by atoms with Crippen molar-refractivity contribution in [3.63, 3.8) is 0 Å². The Morgan fingerprint density at radius 3 is 2.69 bits per heavy atom. The molecule has 4 aromatic heterocycles. The molecule has 0 aliphatic carbocycles. The molecule has 11 heteroatoms. The van der Waals surface area contributed by atoms with Crippen molar-refractivity contribution < 1.29 is 4.79 Å².